The lowest BCUT2D eigenvalue weighted by Gasteiger charge is -2.12. The topological polar surface area (TPSA) is 48.4 Å². The maximum Gasteiger partial charge on any atom is 0.158 e. The second-order valence-electron chi connectivity index (χ2n) is 6.70. The number of carbonyl (C=O) groups is 1. The first-order chi connectivity index (χ1) is 13.2. The third-order valence-electron chi connectivity index (χ3n) is 4.70. The van der Waals surface area contributed by atoms with Gasteiger partial charge in [-0.25, -0.2) is 0 Å². The van der Waals surface area contributed by atoms with Gasteiger partial charge in [-0.15, -0.1) is 0 Å². The highest BCUT2D eigenvalue weighted by atomic mass is 16.5. The summed E-state index contributed by atoms with van der Waals surface area (Å²) in [6.45, 7) is 0.358. The summed E-state index contributed by atoms with van der Waals surface area (Å²) in [5.74, 6) is 1.94. The molecule has 0 spiro atoms. The summed E-state index contributed by atoms with van der Waals surface area (Å²) in [6, 6.07) is 15.6. The number of benzene rings is 2. The number of methoxy groups -OCH3 is 1. The summed E-state index contributed by atoms with van der Waals surface area (Å²) < 4.78 is 11.5. The fraction of sp³-hybridized carbons (Fsp3) is 0.217. The minimum Gasteiger partial charge on any atom is -0.496 e. The predicted octanol–water partition coefficient (Wildman–Crippen LogP) is 4.81. The Bertz CT molecular complexity index is 1000. The van der Waals surface area contributed by atoms with Crippen molar-refractivity contribution in [3.05, 3.63) is 71.9 Å². The summed E-state index contributed by atoms with van der Waals surface area (Å²) in [7, 11) is 1.64. The van der Waals surface area contributed by atoms with Crippen molar-refractivity contribution in [2.45, 2.75) is 19.4 Å². The van der Waals surface area contributed by atoms with Gasteiger partial charge in [0.2, 0.25) is 0 Å². The minimum absolute atomic E-state index is 0.213. The molecule has 4 nitrogen and oxygen atoms in total. The number of nitrogens with zero attached hydrogens (tertiary/aromatic N) is 1. The number of hydrogen-bond donors (Lipinski definition) is 0. The Labute approximate surface area is 158 Å². The average Bonchev–Trinajstić information content (AvgIpc) is 3.56. The van der Waals surface area contributed by atoms with E-state index in [0.29, 0.717) is 6.61 Å². The number of para-hydroxylation sites is 1. The number of ether oxygens (including phenoxy) is 2. The van der Waals surface area contributed by atoms with Crippen molar-refractivity contribution in [3.63, 3.8) is 0 Å². The number of hydrogen-bond acceptors (Lipinski definition) is 4. The van der Waals surface area contributed by atoms with Crippen molar-refractivity contribution in [3.8, 4) is 11.5 Å². The van der Waals surface area contributed by atoms with Gasteiger partial charge in [-0.05, 0) is 48.7 Å². The quantitative estimate of drug-likeness (QED) is 0.568. The standard InChI is InChI=1S/C23H21NO3/c1-26-21-12-8-16(7-11-20(25)17-9-10-17)14-19(21)15-27-22-6-2-4-18-5-3-13-24-23(18)22/h2-8,11-14,17H,9-10,15H2,1H3/b11-7+. The Balaban J connectivity index is 1.54. The zero-order valence-corrected chi connectivity index (χ0v) is 15.2. The first-order valence-electron chi connectivity index (χ1n) is 9.10. The molecule has 1 aliphatic carbocycles. The SMILES string of the molecule is COc1ccc(/C=C/C(=O)C2CC2)cc1COc1cccc2cccnc12. The molecular weight excluding hydrogens is 338 g/mol. The van der Waals surface area contributed by atoms with E-state index < -0.39 is 0 Å². The van der Waals surface area contributed by atoms with E-state index in [1.54, 1.807) is 19.4 Å². The third kappa shape index (κ3) is 4.00. The van der Waals surface area contributed by atoms with Crippen LogP contribution in [-0.2, 0) is 11.4 Å². The van der Waals surface area contributed by atoms with Crippen LogP contribution in [0.2, 0.25) is 0 Å². The molecule has 0 amide bonds. The summed E-state index contributed by atoms with van der Waals surface area (Å²) in [6.07, 6.45) is 7.34. The zero-order valence-electron chi connectivity index (χ0n) is 15.2. The highest BCUT2D eigenvalue weighted by Gasteiger charge is 2.27. The lowest BCUT2D eigenvalue weighted by atomic mass is 10.1. The zero-order chi connectivity index (χ0) is 18.6. The smallest absolute Gasteiger partial charge is 0.158 e. The van der Waals surface area contributed by atoms with Crippen LogP contribution in [0.15, 0.2) is 60.8 Å². The number of fused-ring (bicyclic) bond motifs is 1. The summed E-state index contributed by atoms with van der Waals surface area (Å²) >= 11 is 0. The van der Waals surface area contributed by atoms with E-state index >= 15 is 0 Å². The summed E-state index contributed by atoms with van der Waals surface area (Å²) in [5, 5.41) is 1.04. The third-order valence-corrected chi connectivity index (χ3v) is 4.70. The molecule has 0 radical (unpaired) electrons. The Morgan fingerprint density at radius 1 is 1.15 bits per heavy atom. The molecule has 3 aromatic rings. The van der Waals surface area contributed by atoms with Gasteiger partial charge >= 0.3 is 0 Å². The molecule has 1 fully saturated rings. The average molecular weight is 359 g/mol. The van der Waals surface area contributed by atoms with Gasteiger partial charge in [0.05, 0.1) is 7.11 Å². The Morgan fingerprint density at radius 2 is 2.00 bits per heavy atom. The Hall–Kier alpha value is -3.14. The number of allylic oxidation sites excluding steroid dienone is 1. The van der Waals surface area contributed by atoms with Gasteiger partial charge < -0.3 is 9.47 Å². The van der Waals surface area contributed by atoms with Crippen LogP contribution in [-0.4, -0.2) is 17.9 Å². The molecule has 0 unspecified atom stereocenters. The van der Waals surface area contributed by atoms with Crippen LogP contribution < -0.4 is 9.47 Å². The molecule has 2 aromatic carbocycles. The van der Waals surface area contributed by atoms with Gasteiger partial charge in [0.1, 0.15) is 23.6 Å². The maximum absolute atomic E-state index is 11.9. The van der Waals surface area contributed by atoms with E-state index in [2.05, 4.69) is 4.98 Å². The molecule has 1 heterocycles. The molecule has 27 heavy (non-hydrogen) atoms. The molecule has 1 aliphatic rings. The number of aromatic nitrogens is 1. The van der Waals surface area contributed by atoms with E-state index in [1.807, 2.05) is 54.6 Å². The number of ketones is 1. The Kier molecular flexibility index (Phi) is 4.88. The van der Waals surface area contributed by atoms with Crippen LogP contribution in [0.5, 0.6) is 11.5 Å². The van der Waals surface area contributed by atoms with Crippen LogP contribution >= 0.6 is 0 Å². The first-order valence-corrected chi connectivity index (χ1v) is 9.10. The van der Waals surface area contributed by atoms with E-state index in [-0.39, 0.29) is 11.7 Å². The fourth-order valence-electron chi connectivity index (χ4n) is 3.05. The van der Waals surface area contributed by atoms with E-state index in [0.717, 1.165) is 46.4 Å². The maximum atomic E-state index is 11.9. The summed E-state index contributed by atoms with van der Waals surface area (Å²) in [4.78, 5) is 16.3. The fourth-order valence-corrected chi connectivity index (χ4v) is 3.05. The Morgan fingerprint density at radius 3 is 2.81 bits per heavy atom. The number of rotatable bonds is 7. The van der Waals surface area contributed by atoms with Crippen molar-refractivity contribution in [1.82, 2.24) is 4.98 Å². The van der Waals surface area contributed by atoms with Crippen molar-refractivity contribution < 1.29 is 14.3 Å². The van der Waals surface area contributed by atoms with Crippen LogP contribution in [0.1, 0.15) is 24.0 Å². The molecule has 1 aromatic heterocycles. The molecule has 0 aliphatic heterocycles. The lowest BCUT2D eigenvalue weighted by Crippen LogP contribution is -2.00. The van der Waals surface area contributed by atoms with Crippen molar-refractivity contribution in [1.29, 1.82) is 0 Å². The van der Waals surface area contributed by atoms with Gasteiger partial charge in [0.25, 0.3) is 0 Å². The normalized spacial score (nSPS) is 13.8. The molecule has 0 saturated heterocycles. The number of carbonyl (C=O) groups excluding carboxylic acids is 1. The van der Waals surface area contributed by atoms with Crippen LogP contribution in [0.25, 0.3) is 17.0 Å². The van der Waals surface area contributed by atoms with Crippen LogP contribution in [0.4, 0.5) is 0 Å². The molecule has 0 N–H and O–H groups in total. The van der Waals surface area contributed by atoms with E-state index in [1.165, 1.54) is 0 Å². The van der Waals surface area contributed by atoms with Crippen LogP contribution in [0.3, 0.4) is 0 Å². The van der Waals surface area contributed by atoms with Gasteiger partial charge in [0, 0.05) is 23.1 Å². The van der Waals surface area contributed by atoms with Crippen LogP contribution in [0, 0.1) is 5.92 Å². The molecule has 4 heteroatoms. The largest absolute Gasteiger partial charge is 0.496 e. The van der Waals surface area contributed by atoms with Gasteiger partial charge in [-0.2, -0.15) is 0 Å². The second-order valence-corrected chi connectivity index (χ2v) is 6.70. The van der Waals surface area contributed by atoms with Crippen molar-refractivity contribution in [2.75, 3.05) is 7.11 Å². The second kappa shape index (κ2) is 7.62. The molecule has 0 atom stereocenters. The highest BCUT2D eigenvalue weighted by Crippen LogP contribution is 2.31. The van der Waals surface area contributed by atoms with Crippen molar-refractivity contribution >= 4 is 22.8 Å². The first kappa shape index (κ1) is 17.3. The molecular formula is C23H21NO3. The van der Waals surface area contributed by atoms with Crippen molar-refractivity contribution in [2.24, 2.45) is 5.92 Å². The van der Waals surface area contributed by atoms with Gasteiger partial charge in [-0.1, -0.05) is 30.3 Å². The minimum atomic E-state index is 0.213. The summed E-state index contributed by atoms with van der Waals surface area (Å²) in [5.41, 5.74) is 2.72. The molecule has 0 bridgehead atoms. The van der Waals surface area contributed by atoms with Gasteiger partial charge in [-0.3, -0.25) is 9.78 Å². The van der Waals surface area contributed by atoms with E-state index in [9.17, 15) is 4.79 Å². The monoisotopic (exact) mass is 359 g/mol. The predicted molar refractivity (Wildman–Crippen MR) is 106 cm³/mol. The molecule has 1 saturated carbocycles. The van der Waals surface area contributed by atoms with E-state index in [4.69, 9.17) is 9.47 Å². The molecule has 4 rings (SSSR count). The molecule has 136 valence electrons. The number of pyridine rings is 1. The van der Waals surface area contributed by atoms with Gasteiger partial charge in [0.15, 0.2) is 5.78 Å². The lowest BCUT2D eigenvalue weighted by molar-refractivity contribution is -0.115. The highest BCUT2D eigenvalue weighted by molar-refractivity contribution is 5.96.